The number of hydrogen-bond donors (Lipinski definition) is 1. The maximum absolute atomic E-state index is 13.6. The Kier molecular flexibility index (Phi) is 3.19. The third-order valence-electron chi connectivity index (χ3n) is 2.36. The highest BCUT2D eigenvalue weighted by molar-refractivity contribution is 5.66. The minimum absolute atomic E-state index is 0.273. The minimum atomic E-state index is -0.943. The third-order valence-corrected chi connectivity index (χ3v) is 2.36. The van der Waals surface area contributed by atoms with Crippen molar-refractivity contribution < 1.29 is 17.6 Å². The summed E-state index contributed by atoms with van der Waals surface area (Å²) in [5.74, 6) is -2.43. The van der Waals surface area contributed by atoms with Crippen LogP contribution in [0.15, 0.2) is 28.9 Å². The van der Waals surface area contributed by atoms with E-state index < -0.39 is 17.5 Å². The molecule has 0 amide bonds. The molecule has 5 heteroatoms. The van der Waals surface area contributed by atoms with Gasteiger partial charge in [0.05, 0.1) is 18.4 Å². The van der Waals surface area contributed by atoms with Crippen molar-refractivity contribution in [1.82, 2.24) is 5.32 Å². The monoisotopic (exact) mass is 241 g/mol. The van der Waals surface area contributed by atoms with Gasteiger partial charge in [0.2, 0.25) is 0 Å². The maximum atomic E-state index is 13.6. The molecule has 0 aliphatic rings. The van der Waals surface area contributed by atoms with Gasteiger partial charge in [-0.25, -0.2) is 13.2 Å². The van der Waals surface area contributed by atoms with Crippen LogP contribution in [0.5, 0.6) is 0 Å². The smallest absolute Gasteiger partial charge is 0.137 e. The van der Waals surface area contributed by atoms with E-state index in [9.17, 15) is 13.2 Å². The average molecular weight is 241 g/mol. The average Bonchev–Trinajstić information content (AvgIpc) is 2.65. The molecule has 0 atom stereocenters. The van der Waals surface area contributed by atoms with Crippen LogP contribution in [-0.4, -0.2) is 7.05 Å². The van der Waals surface area contributed by atoms with Crippen molar-refractivity contribution in [2.24, 2.45) is 0 Å². The van der Waals surface area contributed by atoms with Gasteiger partial charge in [-0.1, -0.05) is 0 Å². The van der Waals surface area contributed by atoms with E-state index >= 15 is 0 Å². The second-order valence-corrected chi connectivity index (χ2v) is 3.53. The van der Waals surface area contributed by atoms with E-state index in [2.05, 4.69) is 5.32 Å². The van der Waals surface area contributed by atoms with E-state index in [-0.39, 0.29) is 11.1 Å². The molecule has 0 bridgehead atoms. The SMILES string of the molecule is CNCc1occc1-c1c(F)cc(F)cc1F. The van der Waals surface area contributed by atoms with Crippen LogP contribution in [0, 0.1) is 17.5 Å². The second kappa shape index (κ2) is 4.63. The highest BCUT2D eigenvalue weighted by Gasteiger charge is 2.18. The zero-order chi connectivity index (χ0) is 12.4. The summed E-state index contributed by atoms with van der Waals surface area (Å²) < 4.78 is 45.0. The van der Waals surface area contributed by atoms with Crippen molar-refractivity contribution in [1.29, 1.82) is 0 Å². The number of rotatable bonds is 3. The Morgan fingerprint density at radius 1 is 1.18 bits per heavy atom. The number of benzene rings is 1. The summed E-state index contributed by atoms with van der Waals surface area (Å²) >= 11 is 0. The van der Waals surface area contributed by atoms with Crippen LogP contribution in [0.3, 0.4) is 0 Å². The van der Waals surface area contributed by atoms with Crippen molar-refractivity contribution in [3.63, 3.8) is 0 Å². The van der Waals surface area contributed by atoms with Crippen molar-refractivity contribution in [2.75, 3.05) is 7.05 Å². The molecular formula is C12H10F3NO. The molecule has 1 heterocycles. The number of nitrogens with one attached hydrogen (secondary N) is 1. The summed E-state index contributed by atoms with van der Waals surface area (Å²) in [6.07, 6.45) is 1.34. The molecular weight excluding hydrogens is 231 g/mol. The number of hydrogen-bond acceptors (Lipinski definition) is 2. The molecule has 0 saturated carbocycles. The van der Waals surface area contributed by atoms with Gasteiger partial charge in [0.25, 0.3) is 0 Å². The maximum Gasteiger partial charge on any atom is 0.137 e. The van der Waals surface area contributed by atoms with Crippen LogP contribution in [0.25, 0.3) is 11.1 Å². The summed E-state index contributed by atoms with van der Waals surface area (Å²) in [6.45, 7) is 0.332. The molecule has 2 aromatic rings. The predicted molar refractivity (Wildman–Crippen MR) is 56.8 cm³/mol. The van der Waals surface area contributed by atoms with E-state index in [0.717, 1.165) is 0 Å². The van der Waals surface area contributed by atoms with Gasteiger partial charge in [0, 0.05) is 17.7 Å². The summed E-state index contributed by atoms with van der Waals surface area (Å²) in [6, 6.07) is 2.75. The molecule has 90 valence electrons. The van der Waals surface area contributed by atoms with E-state index in [0.29, 0.717) is 24.4 Å². The van der Waals surface area contributed by atoms with Gasteiger partial charge in [0.1, 0.15) is 23.2 Å². The van der Waals surface area contributed by atoms with E-state index in [1.807, 2.05) is 0 Å². The molecule has 17 heavy (non-hydrogen) atoms. The van der Waals surface area contributed by atoms with Crippen molar-refractivity contribution >= 4 is 0 Å². The zero-order valence-corrected chi connectivity index (χ0v) is 9.06. The minimum Gasteiger partial charge on any atom is -0.467 e. The number of furan rings is 1. The predicted octanol–water partition coefficient (Wildman–Crippen LogP) is 3.08. The molecule has 0 aliphatic carbocycles. The first-order chi connectivity index (χ1) is 8.13. The third kappa shape index (κ3) is 2.19. The van der Waals surface area contributed by atoms with Crippen molar-refractivity contribution in [2.45, 2.75) is 6.54 Å². The number of halogens is 3. The topological polar surface area (TPSA) is 25.2 Å². The van der Waals surface area contributed by atoms with Gasteiger partial charge in [0.15, 0.2) is 0 Å². The lowest BCUT2D eigenvalue weighted by Crippen LogP contribution is -2.05. The fourth-order valence-corrected chi connectivity index (χ4v) is 1.66. The fraction of sp³-hybridized carbons (Fsp3) is 0.167. The van der Waals surface area contributed by atoms with Gasteiger partial charge < -0.3 is 9.73 Å². The lowest BCUT2D eigenvalue weighted by Gasteiger charge is -2.05. The highest BCUT2D eigenvalue weighted by Crippen LogP contribution is 2.30. The molecule has 0 unspecified atom stereocenters. The Morgan fingerprint density at radius 3 is 2.41 bits per heavy atom. The molecule has 1 N–H and O–H groups in total. The van der Waals surface area contributed by atoms with Crippen molar-refractivity contribution in [3.8, 4) is 11.1 Å². The van der Waals surface area contributed by atoms with Crippen LogP contribution in [0.1, 0.15) is 5.76 Å². The van der Waals surface area contributed by atoms with Gasteiger partial charge in [-0.05, 0) is 13.1 Å². The molecule has 2 nitrogen and oxygen atoms in total. The van der Waals surface area contributed by atoms with Crippen LogP contribution in [0.4, 0.5) is 13.2 Å². The Balaban J connectivity index is 2.56. The summed E-state index contributed by atoms with van der Waals surface area (Å²) in [4.78, 5) is 0. The molecule has 2 rings (SSSR count). The Hall–Kier alpha value is -1.75. The van der Waals surface area contributed by atoms with Crippen molar-refractivity contribution in [3.05, 3.63) is 47.7 Å². The molecule has 0 fully saturated rings. The highest BCUT2D eigenvalue weighted by atomic mass is 19.1. The lowest BCUT2D eigenvalue weighted by atomic mass is 10.0. The van der Waals surface area contributed by atoms with Crippen LogP contribution in [-0.2, 0) is 6.54 Å². The lowest BCUT2D eigenvalue weighted by molar-refractivity contribution is 0.495. The first kappa shape index (κ1) is 11.7. The van der Waals surface area contributed by atoms with E-state index in [1.165, 1.54) is 12.3 Å². The normalized spacial score (nSPS) is 10.8. The summed E-state index contributed by atoms with van der Waals surface area (Å²) in [5, 5.41) is 2.82. The standard InChI is InChI=1S/C12H10F3NO/c1-16-6-11-8(2-3-17-11)12-9(14)4-7(13)5-10(12)15/h2-5,16H,6H2,1H3. The summed E-state index contributed by atoms with van der Waals surface area (Å²) in [7, 11) is 1.68. The summed E-state index contributed by atoms with van der Waals surface area (Å²) in [5.41, 5.74) is 0.0137. The molecule has 0 spiro atoms. The zero-order valence-electron chi connectivity index (χ0n) is 9.06. The molecule has 0 aliphatic heterocycles. The van der Waals surface area contributed by atoms with E-state index in [1.54, 1.807) is 7.05 Å². The Labute approximate surface area is 96.1 Å². The Bertz CT molecular complexity index is 513. The fourth-order valence-electron chi connectivity index (χ4n) is 1.66. The molecule has 0 saturated heterocycles. The molecule has 0 radical (unpaired) electrons. The first-order valence-corrected chi connectivity index (χ1v) is 4.99. The molecule has 1 aromatic heterocycles. The first-order valence-electron chi connectivity index (χ1n) is 4.99. The second-order valence-electron chi connectivity index (χ2n) is 3.53. The molecule has 1 aromatic carbocycles. The van der Waals surface area contributed by atoms with Gasteiger partial charge >= 0.3 is 0 Å². The van der Waals surface area contributed by atoms with Gasteiger partial charge in [-0.15, -0.1) is 0 Å². The van der Waals surface area contributed by atoms with Gasteiger partial charge in [-0.3, -0.25) is 0 Å². The van der Waals surface area contributed by atoms with Gasteiger partial charge in [-0.2, -0.15) is 0 Å². The van der Waals surface area contributed by atoms with E-state index in [4.69, 9.17) is 4.42 Å². The van der Waals surface area contributed by atoms with Crippen LogP contribution >= 0.6 is 0 Å². The largest absolute Gasteiger partial charge is 0.467 e. The quantitative estimate of drug-likeness (QED) is 0.893. The Morgan fingerprint density at radius 2 is 1.82 bits per heavy atom. The van der Waals surface area contributed by atoms with Crippen LogP contribution < -0.4 is 5.32 Å². The van der Waals surface area contributed by atoms with Crippen LogP contribution in [0.2, 0.25) is 0 Å².